The average Bonchev–Trinajstić information content (AvgIpc) is 2.96. The second kappa shape index (κ2) is 15.6. The number of carbonyl (C=O) groups excluding carboxylic acids is 3. The van der Waals surface area contributed by atoms with E-state index in [-0.39, 0.29) is 22.5 Å². The molecule has 13 heteroatoms. The minimum Gasteiger partial charge on any atom is -0.358 e. The summed E-state index contributed by atoms with van der Waals surface area (Å²) in [4.78, 5) is 50.6. The molecule has 228 valence electrons. The van der Waals surface area contributed by atoms with E-state index >= 15 is 0 Å². The first-order valence-corrected chi connectivity index (χ1v) is 13.4. The van der Waals surface area contributed by atoms with E-state index in [9.17, 15) is 27.6 Å². The maximum atomic E-state index is 13.3. The monoisotopic (exact) mass is 589 g/mol. The third-order valence-electron chi connectivity index (χ3n) is 6.82. The fourth-order valence-electron chi connectivity index (χ4n) is 4.03. The van der Waals surface area contributed by atoms with Crippen LogP contribution in [0.15, 0.2) is 64.7 Å². The van der Waals surface area contributed by atoms with Gasteiger partial charge in [0.05, 0.1) is 11.6 Å². The summed E-state index contributed by atoms with van der Waals surface area (Å²) in [7, 11) is 0. The quantitative estimate of drug-likeness (QED) is 0.146. The summed E-state index contributed by atoms with van der Waals surface area (Å²) in [6.45, 7) is 13.0. The van der Waals surface area contributed by atoms with E-state index in [1.165, 1.54) is 33.3 Å². The van der Waals surface area contributed by atoms with Crippen molar-refractivity contribution in [2.45, 2.75) is 59.7 Å². The van der Waals surface area contributed by atoms with Crippen molar-refractivity contribution in [3.8, 4) is 0 Å². The Balaban J connectivity index is 2.00. The summed E-state index contributed by atoms with van der Waals surface area (Å²) in [5.74, 6) is -0.00328. The lowest BCUT2D eigenvalue weighted by Gasteiger charge is -2.32. The van der Waals surface area contributed by atoms with E-state index in [1.54, 1.807) is 19.9 Å². The van der Waals surface area contributed by atoms with Gasteiger partial charge in [0.1, 0.15) is 17.8 Å². The second-order valence-corrected chi connectivity index (χ2v) is 10.1. The Kier molecular flexibility index (Phi) is 12.6. The smallest absolute Gasteiger partial charge is 0.358 e. The van der Waals surface area contributed by atoms with Crippen LogP contribution in [-0.4, -0.2) is 65.8 Å². The summed E-state index contributed by atoms with van der Waals surface area (Å²) in [5, 5.41) is 7.95. The van der Waals surface area contributed by atoms with Crippen molar-refractivity contribution < 1.29 is 27.6 Å². The standard InChI is InChI=1S/C29H38F3N7O3/c1-7-18(2)24(29(30,31)32)12-20(4)37-27(41)19(3)14-34-21(5)22(6)38-28(42)25-13-26(36-16-35-25)39-10-8-23(9-11-39)15-33-17-40/h7,12-14,16-17,22-23H,1,8-11,15H2,2-6H3,(H,33,40)(H,37,41)(H,38,42)/b19-14+,20-12+,24-18+,34-21+. The summed E-state index contributed by atoms with van der Waals surface area (Å²) < 4.78 is 39.9. The molecule has 2 rings (SSSR count). The number of piperidine rings is 1. The molecule has 0 aromatic carbocycles. The van der Waals surface area contributed by atoms with Crippen LogP contribution in [0.1, 0.15) is 57.9 Å². The number of allylic oxidation sites excluding steroid dienone is 5. The van der Waals surface area contributed by atoms with Crippen LogP contribution in [0.2, 0.25) is 0 Å². The third kappa shape index (κ3) is 10.3. The van der Waals surface area contributed by atoms with Gasteiger partial charge in [0.2, 0.25) is 6.41 Å². The molecule has 0 spiro atoms. The van der Waals surface area contributed by atoms with Crippen molar-refractivity contribution in [1.29, 1.82) is 0 Å². The molecule has 0 bridgehead atoms. The SMILES string of the molecule is C=C/C(C)=C(\C=C(/C)NC(=O)/C(C)=C/N=C(\C)C(C)NC(=O)c1cc(N2CCC(CNC=O)CC2)ncn1)C(F)(F)F. The summed E-state index contributed by atoms with van der Waals surface area (Å²) in [6.07, 6.45) is 2.45. The van der Waals surface area contributed by atoms with Crippen molar-refractivity contribution >= 4 is 29.8 Å². The topological polar surface area (TPSA) is 129 Å². The zero-order valence-electron chi connectivity index (χ0n) is 24.5. The van der Waals surface area contributed by atoms with Gasteiger partial charge >= 0.3 is 6.18 Å². The number of amides is 3. The molecular weight excluding hydrogens is 551 g/mol. The van der Waals surface area contributed by atoms with Gasteiger partial charge in [0.15, 0.2) is 0 Å². The van der Waals surface area contributed by atoms with Crippen LogP contribution in [0.3, 0.4) is 0 Å². The first kappa shape index (κ1) is 33.9. The number of halogens is 3. The number of carbonyl (C=O) groups is 3. The minimum absolute atomic E-state index is 0.00565. The fourth-order valence-corrected chi connectivity index (χ4v) is 4.03. The van der Waals surface area contributed by atoms with Crippen LogP contribution in [-0.2, 0) is 9.59 Å². The second-order valence-electron chi connectivity index (χ2n) is 10.1. The van der Waals surface area contributed by atoms with Crippen molar-refractivity contribution in [3.63, 3.8) is 0 Å². The van der Waals surface area contributed by atoms with Crippen LogP contribution in [0.25, 0.3) is 0 Å². The molecule has 3 amide bonds. The molecule has 0 aliphatic carbocycles. The van der Waals surface area contributed by atoms with E-state index in [0.29, 0.717) is 30.4 Å². The number of aliphatic imine (C=N–C) groups is 1. The summed E-state index contributed by atoms with van der Waals surface area (Å²) >= 11 is 0. The average molecular weight is 590 g/mol. The van der Waals surface area contributed by atoms with Gasteiger partial charge in [-0.25, -0.2) is 9.97 Å². The van der Waals surface area contributed by atoms with Crippen LogP contribution in [0.4, 0.5) is 19.0 Å². The number of alkyl halides is 3. The number of rotatable bonds is 12. The molecule has 0 radical (unpaired) electrons. The first-order chi connectivity index (χ1) is 19.8. The van der Waals surface area contributed by atoms with Crippen molar-refractivity contribution in [1.82, 2.24) is 25.9 Å². The van der Waals surface area contributed by atoms with Crippen LogP contribution in [0.5, 0.6) is 0 Å². The van der Waals surface area contributed by atoms with E-state index in [2.05, 4.69) is 42.4 Å². The summed E-state index contributed by atoms with van der Waals surface area (Å²) in [5.41, 5.74) is -0.124. The third-order valence-corrected chi connectivity index (χ3v) is 6.82. The van der Waals surface area contributed by atoms with E-state index in [4.69, 9.17) is 0 Å². The predicted molar refractivity (Wildman–Crippen MR) is 156 cm³/mol. The molecule has 1 atom stereocenters. The lowest BCUT2D eigenvalue weighted by atomic mass is 9.97. The van der Waals surface area contributed by atoms with Crippen molar-refractivity contribution in [3.05, 3.63) is 65.4 Å². The van der Waals surface area contributed by atoms with Gasteiger partial charge in [-0.2, -0.15) is 13.2 Å². The Bertz CT molecular complexity index is 1280. The Morgan fingerprint density at radius 1 is 1.19 bits per heavy atom. The van der Waals surface area contributed by atoms with Gasteiger partial charge < -0.3 is 20.9 Å². The Hall–Kier alpha value is -4.29. The largest absolute Gasteiger partial charge is 0.416 e. The van der Waals surface area contributed by atoms with Gasteiger partial charge in [0.25, 0.3) is 11.8 Å². The number of hydrogen-bond acceptors (Lipinski definition) is 7. The summed E-state index contributed by atoms with van der Waals surface area (Å²) in [6, 6.07) is 1.12. The van der Waals surface area contributed by atoms with Gasteiger partial charge in [-0.15, -0.1) is 0 Å². The lowest BCUT2D eigenvalue weighted by molar-refractivity contribution is -0.116. The highest BCUT2D eigenvalue weighted by Gasteiger charge is 2.33. The van der Waals surface area contributed by atoms with Gasteiger partial charge in [-0.3, -0.25) is 19.4 Å². The molecule has 1 fully saturated rings. The number of anilines is 1. The highest BCUT2D eigenvalue weighted by Crippen LogP contribution is 2.30. The zero-order valence-corrected chi connectivity index (χ0v) is 24.5. The van der Waals surface area contributed by atoms with E-state index in [1.807, 2.05) is 0 Å². The molecule has 0 saturated carbocycles. The fraction of sp³-hybridized carbons (Fsp3) is 0.448. The van der Waals surface area contributed by atoms with E-state index in [0.717, 1.165) is 38.1 Å². The van der Waals surface area contributed by atoms with Gasteiger partial charge in [-0.1, -0.05) is 12.7 Å². The molecule has 2 heterocycles. The molecular formula is C29H38F3N7O3. The molecule has 42 heavy (non-hydrogen) atoms. The molecule has 1 aromatic heterocycles. The van der Waals surface area contributed by atoms with Crippen LogP contribution in [0, 0.1) is 5.92 Å². The first-order valence-electron chi connectivity index (χ1n) is 13.4. The van der Waals surface area contributed by atoms with Gasteiger partial charge in [0, 0.05) is 48.9 Å². The maximum Gasteiger partial charge on any atom is 0.416 e. The van der Waals surface area contributed by atoms with Crippen LogP contribution < -0.4 is 20.9 Å². The van der Waals surface area contributed by atoms with Crippen molar-refractivity contribution in [2.24, 2.45) is 10.9 Å². The molecule has 1 aliphatic heterocycles. The highest BCUT2D eigenvalue weighted by atomic mass is 19.4. The van der Waals surface area contributed by atoms with Crippen LogP contribution >= 0.6 is 0 Å². The molecule has 1 saturated heterocycles. The lowest BCUT2D eigenvalue weighted by Crippen LogP contribution is -2.39. The zero-order chi connectivity index (χ0) is 31.4. The normalized spacial score (nSPS) is 16.8. The molecule has 3 N–H and O–H groups in total. The van der Waals surface area contributed by atoms with Gasteiger partial charge in [-0.05, 0) is 65.0 Å². The number of nitrogens with one attached hydrogen (secondary N) is 3. The Morgan fingerprint density at radius 2 is 1.86 bits per heavy atom. The molecule has 1 unspecified atom stereocenters. The predicted octanol–water partition coefficient (Wildman–Crippen LogP) is 4.01. The van der Waals surface area contributed by atoms with E-state index < -0.39 is 29.6 Å². The Labute approximate surface area is 244 Å². The highest BCUT2D eigenvalue weighted by molar-refractivity contribution is 5.98. The molecule has 1 aliphatic rings. The number of aromatic nitrogens is 2. The molecule has 10 nitrogen and oxygen atoms in total. The Morgan fingerprint density at radius 3 is 2.45 bits per heavy atom. The van der Waals surface area contributed by atoms with Crippen molar-refractivity contribution in [2.75, 3.05) is 24.5 Å². The number of hydrogen-bond donors (Lipinski definition) is 3. The maximum absolute atomic E-state index is 13.3. The molecule has 1 aromatic rings. The number of nitrogens with zero attached hydrogens (tertiary/aromatic N) is 4. The minimum atomic E-state index is -4.60.